The summed E-state index contributed by atoms with van der Waals surface area (Å²) in [6.45, 7) is 1.67. The highest BCUT2D eigenvalue weighted by molar-refractivity contribution is 5.73. The van der Waals surface area contributed by atoms with Gasteiger partial charge in [-0.3, -0.25) is 4.79 Å². The monoisotopic (exact) mass is 196 g/mol. The first-order valence-electron chi connectivity index (χ1n) is 4.13. The molecule has 1 aromatic rings. The van der Waals surface area contributed by atoms with E-state index in [-0.39, 0.29) is 17.9 Å². The Morgan fingerprint density at radius 1 is 1.43 bits per heavy atom. The number of aromatic hydroxyl groups is 2. The van der Waals surface area contributed by atoms with E-state index in [0.29, 0.717) is 11.1 Å². The molecule has 0 saturated carbocycles. The van der Waals surface area contributed by atoms with Crippen molar-refractivity contribution >= 4 is 5.97 Å². The quantitative estimate of drug-likeness (QED) is 0.695. The molecule has 0 aromatic heterocycles. The average Bonchev–Trinajstić information content (AvgIpc) is 2.13. The predicted octanol–water partition coefficient (Wildman–Crippen LogP) is 1.12. The van der Waals surface area contributed by atoms with Crippen molar-refractivity contribution < 1.29 is 19.7 Å². The van der Waals surface area contributed by atoms with Crippen LogP contribution in [0, 0.1) is 6.92 Å². The predicted molar refractivity (Wildman–Crippen MR) is 50.2 cm³/mol. The van der Waals surface area contributed by atoms with Crippen LogP contribution in [0.3, 0.4) is 0 Å². The normalized spacial score (nSPS) is 9.86. The molecule has 0 radical (unpaired) electrons. The fourth-order valence-electron chi connectivity index (χ4n) is 1.15. The van der Waals surface area contributed by atoms with Crippen molar-refractivity contribution in [2.24, 2.45) is 0 Å². The van der Waals surface area contributed by atoms with Crippen LogP contribution in [0.25, 0.3) is 0 Å². The van der Waals surface area contributed by atoms with Gasteiger partial charge in [-0.25, -0.2) is 0 Å². The Hall–Kier alpha value is -1.71. The van der Waals surface area contributed by atoms with Crippen molar-refractivity contribution in [1.29, 1.82) is 0 Å². The summed E-state index contributed by atoms with van der Waals surface area (Å²) in [4.78, 5) is 11.0. The average molecular weight is 196 g/mol. The molecule has 0 aliphatic rings. The van der Waals surface area contributed by atoms with Crippen LogP contribution in [-0.2, 0) is 16.0 Å². The molecule has 0 saturated heterocycles. The molecule has 0 heterocycles. The van der Waals surface area contributed by atoms with Crippen LogP contribution in [-0.4, -0.2) is 23.3 Å². The van der Waals surface area contributed by atoms with E-state index < -0.39 is 5.97 Å². The molecular weight excluding hydrogens is 184 g/mol. The summed E-state index contributed by atoms with van der Waals surface area (Å²) in [6.07, 6.45) is 0.0459. The third-order valence-electron chi connectivity index (χ3n) is 2.04. The highest BCUT2D eigenvalue weighted by Crippen LogP contribution is 2.26. The number of phenols is 2. The second-order valence-electron chi connectivity index (χ2n) is 3.00. The van der Waals surface area contributed by atoms with Gasteiger partial charge in [0.2, 0.25) is 0 Å². The van der Waals surface area contributed by atoms with Gasteiger partial charge in [0.05, 0.1) is 13.5 Å². The van der Waals surface area contributed by atoms with Crippen LogP contribution < -0.4 is 0 Å². The van der Waals surface area contributed by atoms with E-state index in [1.165, 1.54) is 19.2 Å². The Labute approximate surface area is 81.8 Å². The minimum atomic E-state index is -0.405. The lowest BCUT2D eigenvalue weighted by molar-refractivity contribution is -0.139. The van der Waals surface area contributed by atoms with Gasteiger partial charge < -0.3 is 14.9 Å². The molecule has 0 amide bonds. The number of carbonyl (C=O) groups is 1. The topological polar surface area (TPSA) is 66.8 Å². The third kappa shape index (κ3) is 2.16. The number of methoxy groups -OCH3 is 1. The van der Waals surface area contributed by atoms with E-state index >= 15 is 0 Å². The molecule has 4 heteroatoms. The Balaban J connectivity index is 3.02. The van der Waals surface area contributed by atoms with Crippen LogP contribution in [0.4, 0.5) is 0 Å². The zero-order valence-corrected chi connectivity index (χ0v) is 8.07. The van der Waals surface area contributed by atoms with Gasteiger partial charge in [0.25, 0.3) is 0 Å². The second-order valence-corrected chi connectivity index (χ2v) is 3.00. The van der Waals surface area contributed by atoms with Gasteiger partial charge in [-0.05, 0) is 24.1 Å². The molecule has 0 bridgehead atoms. The molecule has 0 spiro atoms. The SMILES string of the molecule is COC(=O)Cc1cc(O)cc(O)c1C. The van der Waals surface area contributed by atoms with Crippen molar-refractivity contribution in [3.63, 3.8) is 0 Å². The number of carbonyl (C=O) groups excluding carboxylic acids is 1. The Morgan fingerprint density at radius 3 is 2.64 bits per heavy atom. The summed E-state index contributed by atoms with van der Waals surface area (Å²) in [5, 5.41) is 18.5. The van der Waals surface area contributed by atoms with E-state index in [9.17, 15) is 15.0 Å². The van der Waals surface area contributed by atoms with Gasteiger partial charge >= 0.3 is 5.97 Å². The molecule has 4 nitrogen and oxygen atoms in total. The lowest BCUT2D eigenvalue weighted by Gasteiger charge is -2.07. The maximum absolute atomic E-state index is 11.0. The largest absolute Gasteiger partial charge is 0.508 e. The maximum atomic E-state index is 11.0. The Kier molecular flexibility index (Phi) is 2.96. The Morgan fingerprint density at radius 2 is 2.07 bits per heavy atom. The summed E-state index contributed by atoms with van der Waals surface area (Å²) in [5.74, 6) is -0.492. The van der Waals surface area contributed by atoms with Crippen molar-refractivity contribution in [1.82, 2.24) is 0 Å². The fraction of sp³-hybridized carbons (Fsp3) is 0.300. The van der Waals surface area contributed by atoms with Crippen LogP contribution in [0.2, 0.25) is 0 Å². The van der Waals surface area contributed by atoms with Crippen molar-refractivity contribution in [2.45, 2.75) is 13.3 Å². The minimum Gasteiger partial charge on any atom is -0.508 e. The van der Waals surface area contributed by atoms with E-state index in [2.05, 4.69) is 4.74 Å². The number of hydrogen-bond acceptors (Lipinski definition) is 4. The molecule has 0 atom stereocenters. The van der Waals surface area contributed by atoms with E-state index in [0.717, 1.165) is 0 Å². The number of ether oxygens (including phenoxy) is 1. The highest BCUT2D eigenvalue weighted by atomic mass is 16.5. The van der Waals surface area contributed by atoms with Gasteiger partial charge in [0.15, 0.2) is 0 Å². The summed E-state index contributed by atoms with van der Waals surface area (Å²) in [7, 11) is 1.29. The third-order valence-corrected chi connectivity index (χ3v) is 2.04. The fourth-order valence-corrected chi connectivity index (χ4v) is 1.15. The Bertz CT molecular complexity index is 357. The van der Waals surface area contributed by atoms with Gasteiger partial charge in [0, 0.05) is 6.07 Å². The first-order chi connectivity index (χ1) is 6.54. The minimum absolute atomic E-state index is 0.0242. The smallest absolute Gasteiger partial charge is 0.309 e. The second kappa shape index (κ2) is 4.00. The van der Waals surface area contributed by atoms with Gasteiger partial charge in [-0.15, -0.1) is 0 Å². The van der Waals surface area contributed by atoms with Crippen LogP contribution in [0.5, 0.6) is 11.5 Å². The first kappa shape index (κ1) is 10.4. The molecule has 1 rings (SSSR count). The zero-order valence-electron chi connectivity index (χ0n) is 8.07. The lowest BCUT2D eigenvalue weighted by atomic mass is 10.0. The molecule has 0 aliphatic carbocycles. The zero-order chi connectivity index (χ0) is 10.7. The molecule has 76 valence electrons. The molecule has 0 aliphatic heterocycles. The highest BCUT2D eigenvalue weighted by Gasteiger charge is 2.10. The molecule has 14 heavy (non-hydrogen) atoms. The molecular formula is C10H12O4. The number of benzene rings is 1. The van der Waals surface area contributed by atoms with E-state index in [1.807, 2.05) is 0 Å². The first-order valence-corrected chi connectivity index (χ1v) is 4.13. The summed E-state index contributed by atoms with van der Waals surface area (Å²) in [5.41, 5.74) is 1.14. The van der Waals surface area contributed by atoms with Crippen LogP contribution >= 0.6 is 0 Å². The van der Waals surface area contributed by atoms with Crippen molar-refractivity contribution in [2.75, 3.05) is 7.11 Å². The van der Waals surface area contributed by atoms with Gasteiger partial charge in [-0.2, -0.15) is 0 Å². The standard InChI is InChI=1S/C10H12O4/c1-6-7(4-10(13)14-2)3-8(11)5-9(6)12/h3,5,11-12H,4H2,1-2H3. The van der Waals surface area contributed by atoms with E-state index in [1.54, 1.807) is 6.92 Å². The number of phenolic OH excluding ortho intramolecular Hbond substituents is 2. The molecule has 2 N–H and O–H groups in total. The van der Waals surface area contributed by atoms with Crippen molar-refractivity contribution in [3.8, 4) is 11.5 Å². The number of rotatable bonds is 2. The number of esters is 1. The summed E-state index contributed by atoms with van der Waals surface area (Å²) >= 11 is 0. The maximum Gasteiger partial charge on any atom is 0.309 e. The summed E-state index contributed by atoms with van der Waals surface area (Å²) in [6, 6.07) is 2.67. The lowest BCUT2D eigenvalue weighted by Crippen LogP contribution is -2.05. The van der Waals surface area contributed by atoms with Gasteiger partial charge in [-0.1, -0.05) is 0 Å². The molecule has 0 unspecified atom stereocenters. The number of hydrogen-bond donors (Lipinski definition) is 2. The molecule has 1 aromatic carbocycles. The van der Waals surface area contributed by atoms with Crippen molar-refractivity contribution in [3.05, 3.63) is 23.3 Å². The van der Waals surface area contributed by atoms with Crippen LogP contribution in [0.1, 0.15) is 11.1 Å². The molecule has 0 fully saturated rings. The van der Waals surface area contributed by atoms with E-state index in [4.69, 9.17) is 0 Å². The van der Waals surface area contributed by atoms with Crippen LogP contribution in [0.15, 0.2) is 12.1 Å². The van der Waals surface area contributed by atoms with Gasteiger partial charge in [0.1, 0.15) is 11.5 Å². The summed E-state index contributed by atoms with van der Waals surface area (Å²) < 4.78 is 4.49.